The molecule has 0 saturated heterocycles. The Bertz CT molecular complexity index is 550. The predicted molar refractivity (Wildman–Crippen MR) is 89.9 cm³/mol. The molecule has 0 aliphatic heterocycles. The Hall–Kier alpha value is 0.602. The van der Waals surface area contributed by atoms with Gasteiger partial charge in [0.05, 0.1) is 17.1 Å². The summed E-state index contributed by atoms with van der Waals surface area (Å²) in [5.41, 5.74) is 0. The first kappa shape index (κ1) is 15.0. The first-order valence-corrected chi connectivity index (χ1v) is 16.0. The molecule has 18 heavy (non-hydrogen) atoms. The molecule has 0 spiro atoms. The van der Waals surface area contributed by atoms with E-state index in [1.165, 1.54) is 16.4 Å². The van der Waals surface area contributed by atoms with E-state index in [0.717, 1.165) is 12.2 Å². The zero-order valence-corrected chi connectivity index (χ0v) is 16.2. The summed E-state index contributed by atoms with van der Waals surface area (Å²) in [7, 11) is -2.41. The van der Waals surface area contributed by atoms with Gasteiger partial charge in [-0.25, -0.2) is 0 Å². The fourth-order valence-electron chi connectivity index (χ4n) is 2.29. The summed E-state index contributed by atoms with van der Waals surface area (Å²) in [6.07, 6.45) is 3.43. The highest BCUT2D eigenvalue weighted by Gasteiger charge is 2.35. The van der Waals surface area contributed by atoms with Crippen molar-refractivity contribution in [2.45, 2.75) is 20.3 Å². The van der Waals surface area contributed by atoms with Crippen LogP contribution < -0.4 is 10.4 Å². The van der Waals surface area contributed by atoms with Crippen LogP contribution in [0.1, 0.15) is 20.3 Å². The van der Waals surface area contributed by atoms with Crippen molar-refractivity contribution >= 4 is 61.9 Å². The monoisotopic (exact) mass is 450 g/mol. The first-order chi connectivity index (χ1) is 8.42. The van der Waals surface area contributed by atoms with Crippen molar-refractivity contribution in [3.8, 4) is 0 Å². The van der Waals surface area contributed by atoms with Gasteiger partial charge < -0.3 is 45.9 Å². The molecule has 1 atom stereocenters. The third-order valence-corrected chi connectivity index (χ3v) is 5.38. The second kappa shape index (κ2) is 5.93. The summed E-state index contributed by atoms with van der Waals surface area (Å²) in [5, 5.41) is 2.45. The van der Waals surface area contributed by atoms with Crippen LogP contribution in [-0.2, 0) is 3.79 Å². The maximum Gasteiger partial charge on any atom is 0.618 e. The topological polar surface area (TPSA) is 9.23 Å². The van der Waals surface area contributed by atoms with Gasteiger partial charge in [-0.15, -0.1) is 0 Å². The molecular weight excluding hydrogens is 439 g/mol. The lowest BCUT2D eigenvalue weighted by molar-refractivity contribution is 0.509. The van der Waals surface area contributed by atoms with Gasteiger partial charge in [0.1, 0.15) is 0 Å². The largest absolute Gasteiger partial charge is 0.743 e. The van der Waals surface area contributed by atoms with Crippen LogP contribution in [0.25, 0.3) is 11.8 Å². The van der Waals surface area contributed by atoms with Crippen molar-refractivity contribution < 1.29 is 3.79 Å². The Morgan fingerprint density at radius 1 is 1.28 bits per heavy atom. The van der Waals surface area contributed by atoms with Crippen LogP contribution in [0.3, 0.4) is 0 Å². The second-order valence-corrected chi connectivity index (χ2v) is 28.3. The maximum absolute atomic E-state index is 6.13. The van der Waals surface area contributed by atoms with Crippen molar-refractivity contribution in [3.63, 3.8) is 0 Å². The Morgan fingerprint density at radius 2 is 1.94 bits per heavy atom. The Balaban J connectivity index is 2.61. The van der Waals surface area contributed by atoms with Gasteiger partial charge in [-0.1, -0.05) is 13.0 Å². The molecule has 2 rings (SSSR count). The van der Waals surface area contributed by atoms with Crippen molar-refractivity contribution in [1.82, 2.24) is 0 Å². The van der Waals surface area contributed by atoms with E-state index in [2.05, 4.69) is 86.3 Å². The van der Waals surface area contributed by atoms with Gasteiger partial charge in [-0.3, -0.25) is 0 Å². The van der Waals surface area contributed by atoms with Crippen molar-refractivity contribution in [3.05, 3.63) is 40.6 Å². The van der Waals surface area contributed by atoms with E-state index in [4.69, 9.17) is 3.79 Å². The van der Waals surface area contributed by atoms with Gasteiger partial charge in [-0.2, -0.15) is 0 Å². The fraction of sp³-hybridized carbons (Fsp3) is 0.308. The third-order valence-electron chi connectivity index (χ3n) is 3.19. The summed E-state index contributed by atoms with van der Waals surface area (Å²) in [5.74, 6) is 2.78. The van der Waals surface area contributed by atoms with E-state index in [9.17, 15) is 0 Å². The summed E-state index contributed by atoms with van der Waals surface area (Å²) in [4.78, 5) is 0. The molecule has 1 aliphatic carbocycles. The van der Waals surface area contributed by atoms with Crippen LogP contribution in [0.15, 0.2) is 24.3 Å². The Labute approximate surface area is 131 Å². The molecule has 0 amide bonds. The van der Waals surface area contributed by atoms with E-state index in [1.54, 1.807) is 0 Å². The molecule has 0 N–H and O–H groups in total. The lowest BCUT2D eigenvalue weighted by Crippen LogP contribution is -2.37. The van der Waals surface area contributed by atoms with E-state index in [-0.39, 0.29) is 0 Å². The maximum atomic E-state index is 6.13. The van der Waals surface area contributed by atoms with Gasteiger partial charge in [0.25, 0.3) is 0 Å². The van der Waals surface area contributed by atoms with E-state index in [1.807, 2.05) is 0 Å². The van der Waals surface area contributed by atoms with Crippen molar-refractivity contribution in [2.75, 3.05) is 0 Å². The predicted octanol–water partition coefficient (Wildman–Crippen LogP) is 3.85. The van der Waals surface area contributed by atoms with Crippen molar-refractivity contribution in [1.29, 1.82) is 0 Å². The Kier molecular flexibility index (Phi) is 4.94. The lowest BCUT2D eigenvalue weighted by Gasteiger charge is -2.28. The summed E-state index contributed by atoms with van der Waals surface area (Å²) in [6.45, 7) is 4.37. The molecule has 1 nitrogen and oxygen atoms in total. The SMILES string of the molecule is CCC1C=c2ccccc2=C([O][Al-]([Br])([Br])[Br])[C+]1C. The number of fused-ring (bicyclic) bond motifs is 1. The zero-order valence-electron chi connectivity index (χ0n) is 10.3. The average Bonchev–Trinajstić information content (AvgIpc) is 2.31. The van der Waals surface area contributed by atoms with Crippen LogP contribution in [0.5, 0.6) is 0 Å². The molecule has 1 unspecified atom stereocenters. The van der Waals surface area contributed by atoms with Crippen molar-refractivity contribution in [2.24, 2.45) is 5.92 Å². The molecule has 1 aromatic carbocycles. The third kappa shape index (κ3) is 3.38. The summed E-state index contributed by atoms with van der Waals surface area (Å²) >= 11 is 10.7. The molecule has 0 bridgehead atoms. The van der Waals surface area contributed by atoms with Gasteiger partial charge in [0, 0.05) is 13.0 Å². The molecule has 0 heterocycles. The zero-order chi connectivity index (χ0) is 13.3. The van der Waals surface area contributed by atoms with Gasteiger partial charge in [-0.05, 0) is 24.6 Å². The molecule has 1 aliphatic rings. The molecule has 0 radical (unpaired) electrons. The standard InChI is InChI=1S/C13H14O.Al.3BrH/c1-3-10-8-11-6-4-5-7-12(11)13(14)9(10)2;;;;/h4-8,10H,3H2,1-2H3;;3*1H/q;+3;;;/p-3. The molecule has 0 aromatic heterocycles. The number of halogens is 3. The smallest absolute Gasteiger partial charge is 0.618 e. The molecular formula is C13H14AlBr3O. The number of benzene rings is 1. The van der Waals surface area contributed by atoms with Gasteiger partial charge >= 0.3 is 7.93 Å². The minimum absolute atomic E-state index is 0.462. The van der Waals surface area contributed by atoms with E-state index >= 15 is 0 Å². The number of hydrogen-bond donors (Lipinski definition) is 0. The highest BCUT2D eigenvalue weighted by atomic mass is 80.0. The molecule has 5 heteroatoms. The highest BCUT2D eigenvalue weighted by Crippen LogP contribution is 2.37. The fourth-order valence-corrected chi connectivity index (χ4v) is 4.55. The molecule has 96 valence electrons. The second-order valence-electron chi connectivity index (χ2n) is 4.41. The molecule has 0 saturated carbocycles. The number of hydrogen-bond acceptors (Lipinski definition) is 1. The normalized spacial score (nSPS) is 19.3. The molecule has 1 aromatic rings. The van der Waals surface area contributed by atoms with E-state index in [0.29, 0.717) is 5.92 Å². The average molecular weight is 453 g/mol. The van der Waals surface area contributed by atoms with Crippen LogP contribution in [0, 0.1) is 11.8 Å². The van der Waals surface area contributed by atoms with Crippen LogP contribution >= 0.6 is 42.2 Å². The van der Waals surface area contributed by atoms with Gasteiger partial charge in [0.15, 0.2) is 5.22 Å². The van der Waals surface area contributed by atoms with E-state index < -0.39 is 7.93 Å². The van der Waals surface area contributed by atoms with Crippen LogP contribution in [0.4, 0.5) is 0 Å². The Morgan fingerprint density at radius 3 is 2.56 bits per heavy atom. The summed E-state index contributed by atoms with van der Waals surface area (Å²) in [6, 6.07) is 8.40. The van der Waals surface area contributed by atoms with Crippen LogP contribution in [-0.4, -0.2) is 7.93 Å². The number of rotatable bonds is 3. The summed E-state index contributed by atoms with van der Waals surface area (Å²) < 4.78 is 6.13. The minimum atomic E-state index is -2.41. The molecule has 0 fully saturated rings. The first-order valence-electron chi connectivity index (χ1n) is 5.95. The van der Waals surface area contributed by atoms with Gasteiger partial charge in [0.2, 0.25) is 5.76 Å². The quantitative estimate of drug-likeness (QED) is 0.500. The highest BCUT2D eigenvalue weighted by molar-refractivity contribution is 9.71. The lowest BCUT2D eigenvalue weighted by atomic mass is 9.85. The van der Waals surface area contributed by atoms with Crippen LogP contribution in [0.2, 0.25) is 0 Å². The minimum Gasteiger partial charge on any atom is -0.743 e.